The molecule has 0 saturated carbocycles. The van der Waals surface area contributed by atoms with Gasteiger partial charge < -0.3 is 0 Å². The van der Waals surface area contributed by atoms with Crippen molar-refractivity contribution in [1.82, 2.24) is 20.2 Å². The number of tetrazole rings is 1. The van der Waals surface area contributed by atoms with Gasteiger partial charge in [0.2, 0.25) is 5.82 Å². The number of aryl methyl sites for hydroxylation is 2. The number of anilines is 1. The minimum Gasteiger partial charge on any atom is -0.279 e. The summed E-state index contributed by atoms with van der Waals surface area (Å²) >= 11 is 0. The molecular formula is C16H17N5O2S. The molecule has 124 valence electrons. The maximum Gasteiger partial charge on any atom is 0.261 e. The minimum absolute atomic E-state index is 0.202. The number of rotatable bonds is 5. The summed E-state index contributed by atoms with van der Waals surface area (Å²) in [5, 5.41) is 12.1. The van der Waals surface area contributed by atoms with Gasteiger partial charge in [-0.05, 0) is 43.3 Å². The van der Waals surface area contributed by atoms with Crippen molar-refractivity contribution in [2.75, 3.05) is 4.72 Å². The standard InChI is InChI=1S/C16H17N5O2S/c1-3-21-18-16(17-20-21)14-6-4-5-7-15(14)19-24(22,23)13-10-8-12(2)9-11-13/h4-11,19H,3H2,1-2H3. The van der Waals surface area contributed by atoms with Crippen LogP contribution in [0.1, 0.15) is 12.5 Å². The molecule has 0 aliphatic carbocycles. The van der Waals surface area contributed by atoms with Crippen molar-refractivity contribution in [3.63, 3.8) is 0 Å². The van der Waals surface area contributed by atoms with Crippen LogP contribution in [-0.4, -0.2) is 28.6 Å². The van der Waals surface area contributed by atoms with Crippen LogP contribution in [0.3, 0.4) is 0 Å². The van der Waals surface area contributed by atoms with Crippen molar-refractivity contribution in [1.29, 1.82) is 0 Å². The predicted octanol–water partition coefficient (Wildman–Crippen LogP) is 2.47. The van der Waals surface area contributed by atoms with Crippen LogP contribution >= 0.6 is 0 Å². The van der Waals surface area contributed by atoms with Crippen molar-refractivity contribution < 1.29 is 8.42 Å². The number of aromatic nitrogens is 4. The minimum atomic E-state index is -3.69. The zero-order valence-corrected chi connectivity index (χ0v) is 14.2. The molecule has 0 fully saturated rings. The van der Waals surface area contributed by atoms with E-state index in [9.17, 15) is 8.42 Å². The first-order valence-electron chi connectivity index (χ1n) is 7.46. The molecule has 3 aromatic rings. The summed E-state index contributed by atoms with van der Waals surface area (Å²) in [6.07, 6.45) is 0. The largest absolute Gasteiger partial charge is 0.279 e. The second-order valence-corrected chi connectivity index (χ2v) is 6.95. The topological polar surface area (TPSA) is 89.8 Å². The van der Waals surface area contributed by atoms with E-state index in [2.05, 4.69) is 20.1 Å². The summed E-state index contributed by atoms with van der Waals surface area (Å²) in [5.74, 6) is 0.374. The van der Waals surface area contributed by atoms with Crippen LogP contribution < -0.4 is 4.72 Å². The fourth-order valence-electron chi connectivity index (χ4n) is 2.17. The third-order valence-corrected chi connectivity index (χ3v) is 4.86. The summed E-state index contributed by atoms with van der Waals surface area (Å²) in [7, 11) is -3.69. The van der Waals surface area contributed by atoms with E-state index in [4.69, 9.17) is 0 Å². The maximum absolute atomic E-state index is 12.6. The normalized spacial score (nSPS) is 11.4. The molecule has 0 bridgehead atoms. The number of hydrogen-bond donors (Lipinski definition) is 1. The number of nitrogens with zero attached hydrogens (tertiary/aromatic N) is 4. The van der Waals surface area contributed by atoms with Gasteiger partial charge in [0.1, 0.15) is 0 Å². The highest BCUT2D eigenvalue weighted by atomic mass is 32.2. The van der Waals surface area contributed by atoms with E-state index in [0.29, 0.717) is 23.6 Å². The molecule has 8 heteroatoms. The summed E-state index contributed by atoms with van der Waals surface area (Å²) in [4.78, 5) is 1.65. The third kappa shape index (κ3) is 3.28. The summed E-state index contributed by atoms with van der Waals surface area (Å²) < 4.78 is 27.8. The Morgan fingerprint density at radius 1 is 1.08 bits per heavy atom. The van der Waals surface area contributed by atoms with E-state index >= 15 is 0 Å². The highest BCUT2D eigenvalue weighted by Crippen LogP contribution is 2.26. The second-order valence-electron chi connectivity index (χ2n) is 5.27. The van der Waals surface area contributed by atoms with Crippen molar-refractivity contribution in [2.24, 2.45) is 0 Å². The van der Waals surface area contributed by atoms with E-state index < -0.39 is 10.0 Å². The first-order chi connectivity index (χ1) is 11.5. The van der Waals surface area contributed by atoms with Gasteiger partial charge in [-0.3, -0.25) is 4.72 Å². The molecule has 1 heterocycles. The summed E-state index contributed by atoms with van der Waals surface area (Å²) in [5.41, 5.74) is 1.98. The lowest BCUT2D eigenvalue weighted by Crippen LogP contribution is -2.13. The fraction of sp³-hybridized carbons (Fsp3) is 0.188. The van der Waals surface area contributed by atoms with Gasteiger partial charge in [-0.1, -0.05) is 29.8 Å². The number of hydrogen-bond acceptors (Lipinski definition) is 5. The van der Waals surface area contributed by atoms with E-state index in [1.165, 1.54) is 4.80 Å². The molecule has 0 saturated heterocycles. The molecule has 0 radical (unpaired) electrons. The average molecular weight is 343 g/mol. The SMILES string of the molecule is CCn1nnc(-c2ccccc2NS(=O)(=O)c2ccc(C)cc2)n1. The highest BCUT2D eigenvalue weighted by molar-refractivity contribution is 7.92. The van der Waals surface area contributed by atoms with Crippen molar-refractivity contribution in [2.45, 2.75) is 25.3 Å². The monoisotopic (exact) mass is 343 g/mol. The van der Waals surface area contributed by atoms with Gasteiger partial charge in [0.05, 0.1) is 17.1 Å². The lowest BCUT2D eigenvalue weighted by Gasteiger charge is -2.11. The Labute approximate surface area is 140 Å². The number of para-hydroxylation sites is 1. The Hall–Kier alpha value is -2.74. The van der Waals surface area contributed by atoms with Crippen LogP contribution in [-0.2, 0) is 16.6 Å². The Morgan fingerprint density at radius 3 is 2.46 bits per heavy atom. The zero-order valence-electron chi connectivity index (χ0n) is 13.3. The molecule has 1 aromatic heterocycles. The quantitative estimate of drug-likeness (QED) is 0.768. The Kier molecular flexibility index (Phi) is 4.30. The number of nitrogens with one attached hydrogen (secondary N) is 1. The molecular weight excluding hydrogens is 326 g/mol. The first kappa shape index (κ1) is 16.1. The van der Waals surface area contributed by atoms with Crippen LogP contribution in [0.4, 0.5) is 5.69 Å². The molecule has 0 unspecified atom stereocenters. The van der Waals surface area contributed by atoms with Crippen LogP contribution in [0.25, 0.3) is 11.4 Å². The van der Waals surface area contributed by atoms with Gasteiger partial charge in [-0.25, -0.2) is 8.42 Å². The lowest BCUT2D eigenvalue weighted by atomic mass is 10.2. The van der Waals surface area contributed by atoms with Crippen LogP contribution in [0, 0.1) is 6.92 Å². The smallest absolute Gasteiger partial charge is 0.261 e. The Morgan fingerprint density at radius 2 is 1.79 bits per heavy atom. The van der Waals surface area contributed by atoms with Gasteiger partial charge >= 0.3 is 0 Å². The fourth-order valence-corrected chi connectivity index (χ4v) is 3.25. The Balaban J connectivity index is 1.97. The maximum atomic E-state index is 12.6. The molecule has 1 N–H and O–H groups in total. The lowest BCUT2D eigenvalue weighted by molar-refractivity contribution is 0.553. The van der Waals surface area contributed by atoms with Crippen LogP contribution in [0.5, 0.6) is 0 Å². The molecule has 2 aromatic carbocycles. The third-order valence-electron chi connectivity index (χ3n) is 3.48. The number of benzene rings is 2. The molecule has 7 nitrogen and oxygen atoms in total. The van der Waals surface area contributed by atoms with Crippen LogP contribution in [0.2, 0.25) is 0 Å². The average Bonchev–Trinajstić information content (AvgIpc) is 3.04. The van der Waals surface area contributed by atoms with Gasteiger partial charge in [0.25, 0.3) is 10.0 Å². The van der Waals surface area contributed by atoms with Crippen molar-refractivity contribution in [3.8, 4) is 11.4 Å². The summed E-state index contributed by atoms with van der Waals surface area (Å²) in [6.45, 7) is 4.39. The van der Waals surface area contributed by atoms with Crippen molar-refractivity contribution in [3.05, 3.63) is 54.1 Å². The molecule has 0 amide bonds. The molecule has 0 spiro atoms. The van der Waals surface area contributed by atoms with Crippen molar-refractivity contribution >= 4 is 15.7 Å². The molecule has 0 aliphatic heterocycles. The molecule has 3 rings (SSSR count). The van der Waals surface area contributed by atoms with Gasteiger partial charge in [-0.2, -0.15) is 4.80 Å². The predicted molar refractivity (Wildman–Crippen MR) is 90.9 cm³/mol. The highest BCUT2D eigenvalue weighted by Gasteiger charge is 2.18. The first-order valence-corrected chi connectivity index (χ1v) is 8.94. The number of sulfonamides is 1. The summed E-state index contributed by atoms with van der Waals surface area (Å²) in [6, 6.07) is 13.6. The van der Waals surface area contributed by atoms with Gasteiger partial charge in [0.15, 0.2) is 0 Å². The molecule has 0 aliphatic rings. The van der Waals surface area contributed by atoms with E-state index in [-0.39, 0.29) is 4.90 Å². The van der Waals surface area contributed by atoms with E-state index in [1.54, 1.807) is 48.5 Å². The van der Waals surface area contributed by atoms with E-state index in [1.807, 2.05) is 13.8 Å². The molecule has 0 atom stereocenters. The van der Waals surface area contributed by atoms with Gasteiger partial charge in [0, 0.05) is 5.56 Å². The molecule has 24 heavy (non-hydrogen) atoms. The Bertz CT molecular complexity index is 949. The zero-order chi connectivity index (χ0) is 17.2. The van der Waals surface area contributed by atoms with E-state index in [0.717, 1.165) is 5.56 Å². The van der Waals surface area contributed by atoms with Gasteiger partial charge in [-0.15, -0.1) is 10.2 Å². The second kappa shape index (κ2) is 6.40. The van der Waals surface area contributed by atoms with Crippen LogP contribution in [0.15, 0.2) is 53.4 Å².